The molecule has 9 heteroatoms. The summed E-state index contributed by atoms with van der Waals surface area (Å²) in [4.78, 5) is 18.4. The zero-order chi connectivity index (χ0) is 25.0. The molecule has 0 radical (unpaired) electrons. The number of piperidine rings is 1. The zero-order valence-electron chi connectivity index (χ0n) is 20.6. The minimum atomic E-state index is -3.51. The van der Waals surface area contributed by atoms with Gasteiger partial charge in [0.25, 0.3) is 0 Å². The Labute approximate surface area is 207 Å². The summed E-state index contributed by atoms with van der Waals surface area (Å²) in [6.07, 6.45) is 4.06. The molecular formula is C26H34N4O4S. The van der Waals surface area contributed by atoms with Crippen molar-refractivity contribution in [3.63, 3.8) is 0 Å². The van der Waals surface area contributed by atoms with Gasteiger partial charge in [-0.3, -0.25) is 9.69 Å². The third kappa shape index (κ3) is 5.52. The summed E-state index contributed by atoms with van der Waals surface area (Å²) in [5.74, 6) is 1.20. The molecule has 0 saturated carbocycles. The number of benzene rings is 2. The van der Waals surface area contributed by atoms with Crippen molar-refractivity contribution in [1.82, 2.24) is 14.2 Å². The predicted octanol–water partition coefficient (Wildman–Crippen LogP) is 4.03. The number of H-pyrrole nitrogens is 1. The number of aromatic amines is 1. The lowest BCUT2D eigenvalue weighted by molar-refractivity contribution is -0.117. The molecule has 0 bridgehead atoms. The molecule has 8 nitrogen and oxygen atoms in total. The Morgan fingerprint density at radius 3 is 2.43 bits per heavy atom. The highest BCUT2D eigenvalue weighted by Gasteiger charge is 2.25. The van der Waals surface area contributed by atoms with E-state index in [9.17, 15) is 13.2 Å². The highest BCUT2D eigenvalue weighted by atomic mass is 32.2. The van der Waals surface area contributed by atoms with Gasteiger partial charge < -0.3 is 15.0 Å². The van der Waals surface area contributed by atoms with Gasteiger partial charge in [-0.05, 0) is 79.9 Å². The van der Waals surface area contributed by atoms with Gasteiger partial charge in [-0.2, -0.15) is 4.31 Å². The fraction of sp³-hybridized carbons (Fsp3) is 0.423. The summed E-state index contributed by atoms with van der Waals surface area (Å²) < 4.78 is 32.1. The zero-order valence-corrected chi connectivity index (χ0v) is 21.4. The van der Waals surface area contributed by atoms with Crippen molar-refractivity contribution in [2.24, 2.45) is 0 Å². The van der Waals surface area contributed by atoms with Crippen molar-refractivity contribution in [3.05, 3.63) is 54.2 Å². The second kappa shape index (κ2) is 10.8. The van der Waals surface area contributed by atoms with E-state index in [4.69, 9.17) is 4.74 Å². The Morgan fingerprint density at radius 2 is 1.80 bits per heavy atom. The van der Waals surface area contributed by atoms with Crippen molar-refractivity contribution in [2.75, 3.05) is 45.2 Å². The topological polar surface area (TPSA) is 94.7 Å². The Kier molecular flexibility index (Phi) is 7.78. The Morgan fingerprint density at radius 1 is 1.11 bits per heavy atom. The van der Waals surface area contributed by atoms with Crippen LogP contribution in [-0.4, -0.2) is 68.3 Å². The lowest BCUT2D eigenvalue weighted by Gasteiger charge is -2.31. The average molecular weight is 499 g/mol. The van der Waals surface area contributed by atoms with E-state index < -0.39 is 10.0 Å². The van der Waals surface area contributed by atoms with Gasteiger partial charge in [0, 0.05) is 35.9 Å². The molecule has 188 valence electrons. The molecule has 1 aromatic heterocycles. The van der Waals surface area contributed by atoms with Gasteiger partial charge in [-0.1, -0.05) is 13.8 Å². The Bertz CT molecular complexity index is 1260. The summed E-state index contributed by atoms with van der Waals surface area (Å²) in [6.45, 7) is 6.47. The van der Waals surface area contributed by atoms with E-state index in [-0.39, 0.29) is 10.8 Å². The molecule has 0 spiro atoms. The summed E-state index contributed by atoms with van der Waals surface area (Å²) in [7, 11) is -1.83. The van der Waals surface area contributed by atoms with Crippen LogP contribution in [0.25, 0.3) is 10.9 Å². The fourth-order valence-corrected chi connectivity index (χ4v) is 6.27. The number of anilines is 1. The van der Waals surface area contributed by atoms with Crippen molar-refractivity contribution in [3.8, 4) is 5.75 Å². The summed E-state index contributed by atoms with van der Waals surface area (Å²) in [6, 6.07) is 12.5. The standard InChI is InChI=1S/C26H34N4O4S/c1-4-30(5-2)35(32,33)22-9-6-20(7-10-22)28-26(31)18-29-14-12-19(13-15-29)24-17-27-25-11-8-21(34-3)16-23(24)25/h6-11,16-17,19,27H,4-5,12-15,18H2,1-3H3,(H,28,31). The van der Waals surface area contributed by atoms with Gasteiger partial charge in [0.1, 0.15) is 5.75 Å². The molecule has 4 rings (SSSR count). The fourth-order valence-electron chi connectivity index (χ4n) is 4.81. The van der Waals surface area contributed by atoms with Crippen LogP contribution in [0.4, 0.5) is 5.69 Å². The lowest BCUT2D eigenvalue weighted by atomic mass is 9.89. The maximum atomic E-state index is 12.6. The second-order valence-electron chi connectivity index (χ2n) is 8.87. The molecule has 2 N–H and O–H groups in total. The largest absolute Gasteiger partial charge is 0.497 e. The molecule has 1 fully saturated rings. The van der Waals surface area contributed by atoms with Gasteiger partial charge in [0.15, 0.2) is 0 Å². The molecule has 1 saturated heterocycles. The first kappa shape index (κ1) is 25.2. The molecule has 0 aliphatic carbocycles. The van der Waals surface area contributed by atoms with E-state index in [2.05, 4.69) is 27.5 Å². The predicted molar refractivity (Wildman–Crippen MR) is 138 cm³/mol. The number of carbonyl (C=O) groups is 1. The van der Waals surface area contributed by atoms with Gasteiger partial charge in [-0.25, -0.2) is 8.42 Å². The molecule has 0 unspecified atom stereocenters. The molecule has 0 atom stereocenters. The highest BCUT2D eigenvalue weighted by molar-refractivity contribution is 7.89. The smallest absolute Gasteiger partial charge is 0.243 e. The third-order valence-corrected chi connectivity index (χ3v) is 8.86. The number of nitrogens with zero attached hydrogens (tertiary/aromatic N) is 2. The number of rotatable bonds is 9. The number of hydrogen-bond acceptors (Lipinski definition) is 5. The molecule has 2 heterocycles. The van der Waals surface area contributed by atoms with Gasteiger partial charge in [0.05, 0.1) is 18.6 Å². The number of amides is 1. The Hall–Kier alpha value is -2.88. The first-order valence-electron chi connectivity index (χ1n) is 12.1. The third-order valence-electron chi connectivity index (χ3n) is 6.80. The SMILES string of the molecule is CCN(CC)S(=O)(=O)c1ccc(NC(=O)CN2CCC(c3c[nH]c4ccc(OC)cc34)CC2)cc1. The number of ether oxygens (including phenoxy) is 1. The van der Waals surface area contributed by atoms with Crippen LogP contribution >= 0.6 is 0 Å². The van der Waals surface area contributed by atoms with Crippen LogP contribution in [-0.2, 0) is 14.8 Å². The van der Waals surface area contributed by atoms with Crippen molar-refractivity contribution >= 4 is 32.5 Å². The van der Waals surface area contributed by atoms with E-state index in [1.54, 1.807) is 31.4 Å². The molecule has 1 amide bonds. The van der Waals surface area contributed by atoms with Crippen molar-refractivity contribution in [1.29, 1.82) is 0 Å². The molecular weight excluding hydrogens is 464 g/mol. The van der Waals surface area contributed by atoms with Crippen molar-refractivity contribution in [2.45, 2.75) is 37.5 Å². The molecule has 1 aliphatic heterocycles. The molecule has 2 aromatic carbocycles. The second-order valence-corrected chi connectivity index (χ2v) is 10.8. The normalized spacial score (nSPS) is 15.5. The minimum Gasteiger partial charge on any atom is -0.497 e. The van der Waals surface area contributed by atoms with E-state index >= 15 is 0 Å². The van der Waals surface area contributed by atoms with E-state index in [1.807, 2.05) is 26.0 Å². The summed E-state index contributed by atoms with van der Waals surface area (Å²) in [5.41, 5.74) is 3.01. The quantitative estimate of drug-likeness (QED) is 0.465. The number of sulfonamides is 1. The number of likely N-dealkylation sites (tertiary alicyclic amines) is 1. The summed E-state index contributed by atoms with van der Waals surface area (Å²) >= 11 is 0. The van der Waals surface area contributed by atoms with Crippen LogP contribution < -0.4 is 10.1 Å². The van der Waals surface area contributed by atoms with E-state index in [0.29, 0.717) is 31.2 Å². The van der Waals surface area contributed by atoms with Crippen LogP contribution in [0.3, 0.4) is 0 Å². The first-order chi connectivity index (χ1) is 16.8. The number of methoxy groups -OCH3 is 1. The Balaban J connectivity index is 1.31. The maximum absolute atomic E-state index is 12.6. The van der Waals surface area contributed by atoms with Crippen molar-refractivity contribution < 1.29 is 17.9 Å². The van der Waals surface area contributed by atoms with E-state index in [1.165, 1.54) is 15.3 Å². The van der Waals surface area contributed by atoms with Gasteiger partial charge in [0.2, 0.25) is 15.9 Å². The highest BCUT2D eigenvalue weighted by Crippen LogP contribution is 2.34. The monoisotopic (exact) mass is 498 g/mol. The number of carbonyl (C=O) groups excluding carboxylic acids is 1. The van der Waals surface area contributed by atoms with Crippen LogP contribution in [0.1, 0.15) is 38.2 Å². The lowest BCUT2D eigenvalue weighted by Crippen LogP contribution is -2.38. The minimum absolute atomic E-state index is 0.0976. The average Bonchev–Trinajstić information content (AvgIpc) is 3.28. The molecule has 1 aliphatic rings. The number of nitrogens with one attached hydrogen (secondary N) is 2. The molecule has 3 aromatic rings. The number of fused-ring (bicyclic) bond motifs is 1. The molecule has 35 heavy (non-hydrogen) atoms. The maximum Gasteiger partial charge on any atom is 0.243 e. The first-order valence-corrected chi connectivity index (χ1v) is 13.6. The van der Waals surface area contributed by atoms with Gasteiger partial charge in [-0.15, -0.1) is 0 Å². The van der Waals surface area contributed by atoms with Crippen LogP contribution in [0, 0.1) is 0 Å². The van der Waals surface area contributed by atoms with Crippen LogP contribution in [0.2, 0.25) is 0 Å². The van der Waals surface area contributed by atoms with Crippen LogP contribution in [0.15, 0.2) is 53.6 Å². The van der Waals surface area contributed by atoms with Crippen LogP contribution in [0.5, 0.6) is 5.75 Å². The van der Waals surface area contributed by atoms with E-state index in [0.717, 1.165) is 37.2 Å². The summed E-state index contributed by atoms with van der Waals surface area (Å²) in [5, 5.41) is 4.09. The number of hydrogen-bond donors (Lipinski definition) is 2. The van der Waals surface area contributed by atoms with Gasteiger partial charge >= 0.3 is 0 Å². The number of aromatic nitrogens is 1.